The van der Waals surface area contributed by atoms with Gasteiger partial charge in [0, 0.05) is 6.54 Å². The first kappa shape index (κ1) is 10.5. The predicted molar refractivity (Wildman–Crippen MR) is 61.5 cm³/mol. The highest BCUT2D eigenvalue weighted by Gasteiger charge is 2.10. The van der Waals surface area contributed by atoms with Crippen LogP contribution in [-0.4, -0.2) is 9.55 Å². The normalized spacial score (nSPS) is 10.6. The van der Waals surface area contributed by atoms with Crippen LogP contribution in [0.2, 0.25) is 10.2 Å². The topological polar surface area (TPSA) is 43.8 Å². The molecule has 0 spiro atoms. The standard InChI is InChI=1S/C10H9Cl2N3/c11-7-3-1-2-4-8(7)15-6-14-10(12)9(15)5-13/h1-4,6H,5,13H2. The second kappa shape index (κ2) is 4.23. The summed E-state index contributed by atoms with van der Waals surface area (Å²) in [5, 5.41) is 1.05. The van der Waals surface area contributed by atoms with Crippen molar-refractivity contribution in [2.45, 2.75) is 6.54 Å². The molecule has 0 amide bonds. The quantitative estimate of drug-likeness (QED) is 0.879. The van der Waals surface area contributed by atoms with Crippen LogP contribution in [0.5, 0.6) is 0 Å². The Balaban J connectivity index is 2.59. The van der Waals surface area contributed by atoms with E-state index < -0.39 is 0 Å². The van der Waals surface area contributed by atoms with E-state index in [4.69, 9.17) is 28.9 Å². The van der Waals surface area contributed by atoms with E-state index in [9.17, 15) is 0 Å². The third kappa shape index (κ3) is 1.86. The smallest absolute Gasteiger partial charge is 0.151 e. The molecule has 1 heterocycles. The van der Waals surface area contributed by atoms with Crippen LogP contribution < -0.4 is 5.73 Å². The lowest BCUT2D eigenvalue weighted by atomic mass is 10.3. The first-order chi connectivity index (χ1) is 7.24. The fourth-order valence-electron chi connectivity index (χ4n) is 1.39. The SMILES string of the molecule is NCc1c(Cl)ncn1-c1ccccc1Cl. The first-order valence-electron chi connectivity index (χ1n) is 4.40. The van der Waals surface area contributed by atoms with Crippen molar-refractivity contribution in [3.63, 3.8) is 0 Å². The number of benzene rings is 1. The van der Waals surface area contributed by atoms with Crippen molar-refractivity contribution >= 4 is 23.2 Å². The average molecular weight is 242 g/mol. The van der Waals surface area contributed by atoms with Crippen LogP contribution in [0.15, 0.2) is 30.6 Å². The van der Waals surface area contributed by atoms with Gasteiger partial charge in [-0.3, -0.25) is 4.57 Å². The van der Waals surface area contributed by atoms with Gasteiger partial charge in [-0.05, 0) is 12.1 Å². The maximum absolute atomic E-state index is 6.06. The number of imidazole rings is 1. The first-order valence-corrected chi connectivity index (χ1v) is 5.16. The van der Waals surface area contributed by atoms with Gasteiger partial charge in [-0.15, -0.1) is 0 Å². The largest absolute Gasteiger partial charge is 0.325 e. The van der Waals surface area contributed by atoms with Crippen molar-refractivity contribution in [2.75, 3.05) is 0 Å². The zero-order chi connectivity index (χ0) is 10.8. The summed E-state index contributed by atoms with van der Waals surface area (Å²) in [6.45, 7) is 0.323. The molecular weight excluding hydrogens is 233 g/mol. The molecule has 2 aromatic rings. The van der Waals surface area contributed by atoms with Crippen LogP contribution >= 0.6 is 23.2 Å². The molecule has 2 N–H and O–H groups in total. The summed E-state index contributed by atoms with van der Waals surface area (Å²) < 4.78 is 1.80. The monoisotopic (exact) mass is 241 g/mol. The molecule has 0 saturated heterocycles. The van der Waals surface area contributed by atoms with Crippen LogP contribution in [0.25, 0.3) is 5.69 Å². The molecule has 0 aliphatic heterocycles. The molecule has 0 saturated carbocycles. The van der Waals surface area contributed by atoms with Gasteiger partial charge < -0.3 is 5.73 Å². The Bertz CT molecular complexity index is 479. The minimum atomic E-state index is 0.323. The molecular formula is C10H9Cl2N3. The Hall–Kier alpha value is -1.03. The van der Waals surface area contributed by atoms with E-state index in [1.54, 1.807) is 10.9 Å². The molecule has 2 rings (SSSR count). The number of nitrogens with zero attached hydrogens (tertiary/aromatic N) is 2. The van der Waals surface area contributed by atoms with Crippen molar-refractivity contribution in [2.24, 2.45) is 5.73 Å². The minimum absolute atomic E-state index is 0.323. The summed E-state index contributed by atoms with van der Waals surface area (Å²) >= 11 is 12.0. The molecule has 15 heavy (non-hydrogen) atoms. The van der Waals surface area contributed by atoms with Crippen LogP contribution in [0.4, 0.5) is 0 Å². The van der Waals surface area contributed by atoms with E-state index in [2.05, 4.69) is 4.98 Å². The minimum Gasteiger partial charge on any atom is -0.325 e. The summed E-state index contributed by atoms with van der Waals surface area (Å²) in [4.78, 5) is 3.99. The Labute approximate surface area is 97.4 Å². The summed E-state index contributed by atoms with van der Waals surface area (Å²) in [5.41, 5.74) is 7.18. The van der Waals surface area contributed by atoms with E-state index in [1.807, 2.05) is 24.3 Å². The van der Waals surface area contributed by atoms with Crippen LogP contribution in [0.1, 0.15) is 5.69 Å². The maximum Gasteiger partial charge on any atom is 0.151 e. The molecule has 1 aromatic carbocycles. The number of halogens is 2. The molecule has 0 atom stereocenters. The highest BCUT2D eigenvalue weighted by Crippen LogP contribution is 2.24. The van der Waals surface area contributed by atoms with Gasteiger partial charge in [0.2, 0.25) is 0 Å². The molecule has 5 heteroatoms. The molecule has 78 valence electrons. The van der Waals surface area contributed by atoms with Crippen molar-refractivity contribution in [1.82, 2.24) is 9.55 Å². The maximum atomic E-state index is 6.06. The molecule has 0 fully saturated rings. The highest BCUT2D eigenvalue weighted by molar-refractivity contribution is 6.32. The summed E-state index contributed by atoms with van der Waals surface area (Å²) in [7, 11) is 0. The predicted octanol–water partition coefficient (Wildman–Crippen LogP) is 2.64. The molecule has 0 radical (unpaired) electrons. The van der Waals surface area contributed by atoms with Gasteiger partial charge in [0.1, 0.15) is 6.33 Å². The van der Waals surface area contributed by atoms with Gasteiger partial charge in [-0.25, -0.2) is 4.98 Å². The second-order valence-corrected chi connectivity index (χ2v) is 3.77. The third-order valence-corrected chi connectivity index (χ3v) is 2.76. The van der Waals surface area contributed by atoms with Crippen LogP contribution in [-0.2, 0) is 6.54 Å². The molecule has 3 nitrogen and oxygen atoms in total. The van der Waals surface area contributed by atoms with Crippen LogP contribution in [0, 0.1) is 0 Å². The van der Waals surface area contributed by atoms with E-state index >= 15 is 0 Å². The van der Waals surface area contributed by atoms with E-state index in [0.717, 1.165) is 11.4 Å². The molecule has 0 bridgehead atoms. The molecule has 0 unspecified atom stereocenters. The van der Waals surface area contributed by atoms with Crippen molar-refractivity contribution < 1.29 is 0 Å². The van der Waals surface area contributed by atoms with Gasteiger partial charge in [0.05, 0.1) is 16.4 Å². The lowest BCUT2D eigenvalue weighted by Crippen LogP contribution is -2.05. The lowest BCUT2D eigenvalue weighted by Gasteiger charge is -2.08. The number of para-hydroxylation sites is 1. The van der Waals surface area contributed by atoms with Crippen LogP contribution in [0.3, 0.4) is 0 Å². The zero-order valence-corrected chi connectivity index (χ0v) is 9.33. The highest BCUT2D eigenvalue weighted by atomic mass is 35.5. The summed E-state index contributed by atoms with van der Waals surface area (Å²) in [5.74, 6) is 0. The Morgan fingerprint density at radius 1 is 1.27 bits per heavy atom. The summed E-state index contributed by atoms with van der Waals surface area (Å²) in [6.07, 6.45) is 1.62. The Morgan fingerprint density at radius 2 is 2.00 bits per heavy atom. The average Bonchev–Trinajstić information content (AvgIpc) is 2.60. The zero-order valence-electron chi connectivity index (χ0n) is 7.82. The fraction of sp³-hybridized carbons (Fsp3) is 0.100. The number of rotatable bonds is 2. The third-order valence-electron chi connectivity index (χ3n) is 2.12. The number of hydrogen-bond donors (Lipinski definition) is 1. The van der Waals surface area contributed by atoms with Crippen molar-refractivity contribution in [3.8, 4) is 5.69 Å². The van der Waals surface area contributed by atoms with Gasteiger partial charge in [0.15, 0.2) is 5.15 Å². The second-order valence-electron chi connectivity index (χ2n) is 3.01. The number of aromatic nitrogens is 2. The van der Waals surface area contributed by atoms with Gasteiger partial charge >= 0.3 is 0 Å². The molecule has 1 aromatic heterocycles. The lowest BCUT2D eigenvalue weighted by molar-refractivity contribution is 0.910. The van der Waals surface area contributed by atoms with Crippen molar-refractivity contribution in [3.05, 3.63) is 46.5 Å². The van der Waals surface area contributed by atoms with Gasteiger partial charge in [0.25, 0.3) is 0 Å². The molecule has 0 aliphatic carbocycles. The van der Waals surface area contributed by atoms with E-state index in [1.165, 1.54) is 0 Å². The summed E-state index contributed by atoms with van der Waals surface area (Å²) in [6, 6.07) is 7.46. The van der Waals surface area contributed by atoms with Gasteiger partial charge in [-0.1, -0.05) is 35.3 Å². The molecule has 0 aliphatic rings. The number of hydrogen-bond acceptors (Lipinski definition) is 2. The number of nitrogens with two attached hydrogens (primary N) is 1. The Kier molecular flexibility index (Phi) is 2.95. The van der Waals surface area contributed by atoms with E-state index in [0.29, 0.717) is 16.7 Å². The fourth-order valence-corrected chi connectivity index (χ4v) is 1.83. The Morgan fingerprint density at radius 3 is 2.67 bits per heavy atom. The van der Waals surface area contributed by atoms with Crippen molar-refractivity contribution in [1.29, 1.82) is 0 Å². The van der Waals surface area contributed by atoms with Gasteiger partial charge in [-0.2, -0.15) is 0 Å². The van der Waals surface area contributed by atoms with E-state index in [-0.39, 0.29) is 0 Å².